The van der Waals surface area contributed by atoms with Crippen LogP contribution in [0.25, 0.3) is 5.70 Å². The SMILES string of the molecule is COc1ccc(C2=C[C@H](c3ccc(F)cc3)n3ncnc3N2)c(OC)c1. The highest BCUT2D eigenvalue weighted by Gasteiger charge is 2.24. The standard InChI is InChI=1S/C19H17FN4O2/c1-25-14-7-8-15(18(9-14)26-2)16-10-17(12-3-5-13(20)6-4-12)24-19(23-16)21-11-22-24/h3-11,17H,1-2H3,(H,21,22,23)/t17-/m1/s1. The molecule has 0 amide bonds. The van der Waals surface area contributed by atoms with Crippen LogP contribution >= 0.6 is 0 Å². The molecule has 0 radical (unpaired) electrons. The van der Waals surface area contributed by atoms with Crippen molar-refractivity contribution in [2.24, 2.45) is 0 Å². The summed E-state index contributed by atoms with van der Waals surface area (Å²) in [6, 6.07) is 11.8. The molecule has 2 aromatic carbocycles. The number of nitrogens with zero attached hydrogens (tertiary/aromatic N) is 3. The van der Waals surface area contributed by atoms with Crippen molar-refractivity contribution >= 4 is 11.6 Å². The van der Waals surface area contributed by atoms with Crippen LogP contribution in [0.5, 0.6) is 11.5 Å². The Bertz CT molecular complexity index is 966. The Morgan fingerprint density at radius 1 is 1.08 bits per heavy atom. The highest BCUT2D eigenvalue weighted by Crippen LogP contribution is 2.36. The summed E-state index contributed by atoms with van der Waals surface area (Å²) in [7, 11) is 3.22. The summed E-state index contributed by atoms with van der Waals surface area (Å²) in [4.78, 5) is 4.28. The van der Waals surface area contributed by atoms with Crippen LogP contribution in [0.2, 0.25) is 0 Å². The van der Waals surface area contributed by atoms with Crippen molar-refractivity contribution in [3.05, 3.63) is 71.8 Å². The number of nitrogens with one attached hydrogen (secondary N) is 1. The van der Waals surface area contributed by atoms with Gasteiger partial charge in [0, 0.05) is 11.6 Å². The number of rotatable bonds is 4. The summed E-state index contributed by atoms with van der Waals surface area (Å²) in [5, 5.41) is 7.56. The molecule has 1 aliphatic heterocycles. The first-order valence-corrected chi connectivity index (χ1v) is 8.06. The number of fused-ring (bicyclic) bond motifs is 1. The predicted octanol–water partition coefficient (Wildman–Crippen LogP) is 3.49. The molecule has 1 atom stereocenters. The van der Waals surface area contributed by atoms with Crippen LogP contribution in [0.4, 0.5) is 10.3 Å². The van der Waals surface area contributed by atoms with Crippen LogP contribution in [0, 0.1) is 5.82 Å². The third-order valence-corrected chi connectivity index (χ3v) is 4.32. The first-order chi connectivity index (χ1) is 12.7. The molecule has 132 valence electrons. The fourth-order valence-electron chi connectivity index (χ4n) is 3.01. The number of benzene rings is 2. The van der Waals surface area contributed by atoms with E-state index in [1.165, 1.54) is 18.5 Å². The Labute approximate surface area is 149 Å². The Balaban J connectivity index is 1.81. The lowest BCUT2D eigenvalue weighted by Crippen LogP contribution is -2.20. The van der Waals surface area contributed by atoms with Crippen LogP contribution in [0.3, 0.4) is 0 Å². The molecule has 0 bridgehead atoms. The largest absolute Gasteiger partial charge is 0.497 e. The summed E-state index contributed by atoms with van der Waals surface area (Å²) in [6.07, 6.45) is 3.50. The van der Waals surface area contributed by atoms with E-state index in [1.807, 2.05) is 24.3 Å². The van der Waals surface area contributed by atoms with Crippen LogP contribution in [-0.2, 0) is 0 Å². The Hall–Kier alpha value is -3.35. The van der Waals surface area contributed by atoms with Gasteiger partial charge in [-0.25, -0.2) is 9.07 Å². The smallest absolute Gasteiger partial charge is 0.226 e. The Morgan fingerprint density at radius 3 is 2.62 bits per heavy atom. The molecular weight excluding hydrogens is 335 g/mol. The van der Waals surface area contributed by atoms with Gasteiger partial charge in [0.05, 0.1) is 19.9 Å². The molecule has 4 rings (SSSR count). The number of aromatic nitrogens is 3. The van der Waals surface area contributed by atoms with Crippen molar-refractivity contribution in [3.63, 3.8) is 0 Å². The van der Waals surface area contributed by atoms with Crippen molar-refractivity contribution in [1.82, 2.24) is 14.8 Å². The molecule has 3 aromatic rings. The van der Waals surface area contributed by atoms with Crippen LogP contribution in [0.15, 0.2) is 54.9 Å². The van der Waals surface area contributed by atoms with Crippen LogP contribution in [0.1, 0.15) is 17.2 Å². The quantitative estimate of drug-likeness (QED) is 0.779. The zero-order valence-corrected chi connectivity index (χ0v) is 14.3. The van der Waals surface area contributed by atoms with Gasteiger partial charge in [-0.15, -0.1) is 0 Å². The Kier molecular flexibility index (Phi) is 4.04. The molecule has 1 N–H and O–H groups in total. The minimum absolute atomic E-state index is 0.212. The van der Waals surface area contributed by atoms with Crippen LogP contribution < -0.4 is 14.8 Å². The van der Waals surface area contributed by atoms with E-state index < -0.39 is 0 Å². The number of ether oxygens (including phenoxy) is 2. The highest BCUT2D eigenvalue weighted by molar-refractivity contribution is 5.80. The Morgan fingerprint density at radius 2 is 1.88 bits per heavy atom. The minimum atomic E-state index is -0.275. The van der Waals surface area contributed by atoms with Gasteiger partial charge in [-0.05, 0) is 35.9 Å². The van der Waals surface area contributed by atoms with E-state index in [-0.39, 0.29) is 11.9 Å². The van der Waals surface area contributed by atoms with Crippen molar-refractivity contribution in [2.75, 3.05) is 19.5 Å². The molecule has 7 heteroatoms. The first-order valence-electron chi connectivity index (χ1n) is 8.06. The van der Waals surface area contributed by atoms with Gasteiger partial charge in [-0.1, -0.05) is 12.1 Å². The summed E-state index contributed by atoms with van der Waals surface area (Å²) >= 11 is 0. The van der Waals surface area contributed by atoms with Crippen molar-refractivity contribution < 1.29 is 13.9 Å². The van der Waals surface area contributed by atoms with Gasteiger partial charge in [0.15, 0.2) is 0 Å². The molecule has 0 spiro atoms. The van der Waals surface area contributed by atoms with Gasteiger partial charge >= 0.3 is 0 Å². The third-order valence-electron chi connectivity index (χ3n) is 4.32. The van der Waals surface area contributed by atoms with Gasteiger partial charge in [-0.3, -0.25) is 0 Å². The molecule has 2 heterocycles. The van der Waals surface area contributed by atoms with E-state index in [2.05, 4.69) is 15.4 Å². The molecule has 0 unspecified atom stereocenters. The lowest BCUT2D eigenvalue weighted by atomic mass is 10.0. The zero-order valence-electron chi connectivity index (χ0n) is 14.3. The predicted molar refractivity (Wildman–Crippen MR) is 95.7 cm³/mol. The van der Waals surface area contributed by atoms with Gasteiger partial charge in [-0.2, -0.15) is 10.1 Å². The van der Waals surface area contributed by atoms with Gasteiger partial charge in [0.1, 0.15) is 29.7 Å². The van der Waals surface area contributed by atoms with Crippen molar-refractivity contribution in [2.45, 2.75) is 6.04 Å². The average Bonchev–Trinajstić information content (AvgIpc) is 3.16. The molecule has 0 aliphatic carbocycles. The van der Waals surface area contributed by atoms with E-state index in [0.29, 0.717) is 17.4 Å². The molecule has 0 saturated carbocycles. The lowest BCUT2D eigenvalue weighted by molar-refractivity contribution is 0.393. The molecule has 1 aliphatic rings. The molecular formula is C19H17FN4O2. The fourth-order valence-corrected chi connectivity index (χ4v) is 3.01. The lowest BCUT2D eigenvalue weighted by Gasteiger charge is -2.25. The fraction of sp³-hybridized carbons (Fsp3) is 0.158. The summed E-state index contributed by atoms with van der Waals surface area (Å²) < 4.78 is 25.8. The maximum absolute atomic E-state index is 13.3. The van der Waals surface area contributed by atoms with Crippen LogP contribution in [-0.4, -0.2) is 29.0 Å². The second-order valence-corrected chi connectivity index (χ2v) is 5.80. The maximum atomic E-state index is 13.3. The first kappa shape index (κ1) is 16.1. The van der Waals surface area contributed by atoms with E-state index >= 15 is 0 Å². The number of hydrogen-bond donors (Lipinski definition) is 1. The van der Waals surface area contributed by atoms with E-state index in [0.717, 1.165) is 16.8 Å². The minimum Gasteiger partial charge on any atom is -0.497 e. The molecule has 6 nitrogen and oxygen atoms in total. The molecule has 1 aromatic heterocycles. The van der Waals surface area contributed by atoms with Gasteiger partial charge in [0.25, 0.3) is 0 Å². The molecule has 26 heavy (non-hydrogen) atoms. The van der Waals surface area contributed by atoms with E-state index in [1.54, 1.807) is 31.0 Å². The number of hydrogen-bond acceptors (Lipinski definition) is 5. The van der Waals surface area contributed by atoms with Crippen molar-refractivity contribution in [3.8, 4) is 11.5 Å². The average molecular weight is 352 g/mol. The third kappa shape index (κ3) is 2.77. The maximum Gasteiger partial charge on any atom is 0.226 e. The summed E-state index contributed by atoms with van der Waals surface area (Å²) in [5.74, 6) is 1.71. The topological polar surface area (TPSA) is 61.2 Å². The molecule has 0 fully saturated rings. The zero-order chi connectivity index (χ0) is 18.1. The van der Waals surface area contributed by atoms with E-state index in [4.69, 9.17) is 9.47 Å². The van der Waals surface area contributed by atoms with Crippen molar-refractivity contribution in [1.29, 1.82) is 0 Å². The number of halogens is 1. The number of methoxy groups -OCH3 is 2. The highest BCUT2D eigenvalue weighted by atomic mass is 19.1. The monoisotopic (exact) mass is 352 g/mol. The molecule has 0 saturated heterocycles. The number of allylic oxidation sites excluding steroid dienone is 1. The number of anilines is 1. The summed E-state index contributed by atoms with van der Waals surface area (Å²) in [5.41, 5.74) is 2.61. The second-order valence-electron chi connectivity index (χ2n) is 5.80. The normalized spacial score (nSPS) is 15.7. The summed E-state index contributed by atoms with van der Waals surface area (Å²) in [6.45, 7) is 0. The van der Waals surface area contributed by atoms with E-state index in [9.17, 15) is 4.39 Å². The van der Waals surface area contributed by atoms with Gasteiger partial charge in [0.2, 0.25) is 5.95 Å². The second kappa shape index (κ2) is 6.51. The van der Waals surface area contributed by atoms with Gasteiger partial charge < -0.3 is 14.8 Å².